The van der Waals surface area contributed by atoms with Crippen LogP contribution in [0.1, 0.15) is 32.8 Å². The lowest BCUT2D eigenvalue weighted by atomic mass is 9.90. The molecule has 0 unspecified atom stereocenters. The number of allylic oxidation sites excluding steroid dienone is 2. The second-order valence-electron chi connectivity index (χ2n) is 5.46. The van der Waals surface area contributed by atoms with Gasteiger partial charge in [0.25, 0.3) is 0 Å². The van der Waals surface area contributed by atoms with Crippen LogP contribution in [0.2, 0.25) is 5.02 Å². The zero-order valence-electron chi connectivity index (χ0n) is 10.7. The fourth-order valence-corrected chi connectivity index (χ4v) is 1.56. The predicted octanol–water partition coefficient (Wildman–Crippen LogP) is 4.44. The first-order chi connectivity index (χ1) is 7.90. The molecule has 0 aromatic heterocycles. The molecular formula is C15H19ClO. The van der Waals surface area contributed by atoms with Gasteiger partial charge in [-0.05, 0) is 35.1 Å². The van der Waals surface area contributed by atoms with E-state index in [0.29, 0.717) is 6.42 Å². The highest BCUT2D eigenvalue weighted by Gasteiger charge is 2.08. The minimum atomic E-state index is 0.217. The molecule has 0 saturated heterocycles. The molecule has 1 nitrogen and oxygen atoms in total. The van der Waals surface area contributed by atoms with Gasteiger partial charge in [-0.25, -0.2) is 0 Å². The number of halogens is 1. The molecule has 17 heavy (non-hydrogen) atoms. The van der Waals surface area contributed by atoms with E-state index < -0.39 is 0 Å². The monoisotopic (exact) mass is 250 g/mol. The number of carbonyl (C=O) groups is 1. The van der Waals surface area contributed by atoms with Crippen molar-refractivity contribution >= 4 is 17.9 Å². The van der Waals surface area contributed by atoms with Crippen molar-refractivity contribution in [2.75, 3.05) is 0 Å². The molecule has 92 valence electrons. The molecule has 0 N–H and O–H groups in total. The van der Waals surface area contributed by atoms with Gasteiger partial charge in [-0.15, -0.1) is 0 Å². The molecule has 1 rings (SSSR count). The van der Waals surface area contributed by atoms with Gasteiger partial charge in [-0.1, -0.05) is 50.6 Å². The van der Waals surface area contributed by atoms with Gasteiger partial charge in [0, 0.05) is 11.4 Å². The third kappa shape index (κ3) is 5.69. The maximum Gasteiger partial charge on any atom is 0.146 e. The zero-order valence-corrected chi connectivity index (χ0v) is 11.4. The average Bonchev–Trinajstić information content (AvgIpc) is 2.25. The van der Waals surface area contributed by atoms with E-state index in [1.807, 2.05) is 30.3 Å². The molecule has 0 amide bonds. The Morgan fingerprint density at radius 1 is 1.24 bits per heavy atom. The Morgan fingerprint density at radius 2 is 1.82 bits per heavy atom. The lowest BCUT2D eigenvalue weighted by molar-refractivity contribution is -0.105. The molecule has 2 heteroatoms. The van der Waals surface area contributed by atoms with Gasteiger partial charge in [-0.3, -0.25) is 4.79 Å². The van der Waals surface area contributed by atoms with Gasteiger partial charge in [0.1, 0.15) is 6.29 Å². The van der Waals surface area contributed by atoms with Crippen LogP contribution < -0.4 is 0 Å². The molecule has 1 aromatic carbocycles. The van der Waals surface area contributed by atoms with Crippen molar-refractivity contribution in [3.63, 3.8) is 0 Å². The van der Waals surface area contributed by atoms with Crippen LogP contribution in [0.3, 0.4) is 0 Å². The Kier molecular flexibility index (Phi) is 4.95. The van der Waals surface area contributed by atoms with Gasteiger partial charge in [0.05, 0.1) is 0 Å². The van der Waals surface area contributed by atoms with Crippen molar-refractivity contribution in [1.29, 1.82) is 0 Å². The van der Waals surface area contributed by atoms with Gasteiger partial charge in [-0.2, -0.15) is 0 Å². The molecule has 0 radical (unpaired) electrons. The Hall–Kier alpha value is -1.08. The summed E-state index contributed by atoms with van der Waals surface area (Å²) >= 11 is 5.82. The minimum Gasteiger partial charge on any atom is -0.298 e. The van der Waals surface area contributed by atoms with Crippen LogP contribution in [-0.2, 0) is 11.2 Å². The van der Waals surface area contributed by atoms with Crippen molar-refractivity contribution in [3.8, 4) is 0 Å². The lowest BCUT2D eigenvalue weighted by Crippen LogP contribution is -2.03. The summed E-state index contributed by atoms with van der Waals surface area (Å²) in [6.07, 6.45) is 4.56. The molecule has 1 aromatic rings. The van der Waals surface area contributed by atoms with Crippen molar-refractivity contribution in [2.24, 2.45) is 5.41 Å². The van der Waals surface area contributed by atoms with Gasteiger partial charge < -0.3 is 0 Å². The summed E-state index contributed by atoms with van der Waals surface area (Å²) in [5.41, 5.74) is 2.16. The van der Waals surface area contributed by atoms with Crippen LogP contribution in [0.25, 0.3) is 0 Å². The Labute approximate surface area is 108 Å². The number of aldehydes is 1. The van der Waals surface area contributed by atoms with Crippen LogP contribution in [0, 0.1) is 5.41 Å². The maximum atomic E-state index is 11.0. The van der Waals surface area contributed by atoms with Crippen LogP contribution in [0.15, 0.2) is 35.9 Å². The van der Waals surface area contributed by atoms with Crippen molar-refractivity contribution in [2.45, 2.75) is 33.6 Å². The average molecular weight is 251 g/mol. The summed E-state index contributed by atoms with van der Waals surface area (Å²) in [6.45, 7) is 6.48. The molecule has 0 fully saturated rings. The van der Waals surface area contributed by atoms with E-state index in [-0.39, 0.29) is 5.41 Å². The van der Waals surface area contributed by atoms with Crippen LogP contribution in [0.5, 0.6) is 0 Å². The van der Waals surface area contributed by atoms with E-state index in [4.69, 9.17) is 11.6 Å². The molecule has 0 spiro atoms. The molecular weight excluding hydrogens is 232 g/mol. The van der Waals surface area contributed by atoms with Gasteiger partial charge >= 0.3 is 0 Å². The van der Waals surface area contributed by atoms with Crippen molar-refractivity contribution in [1.82, 2.24) is 0 Å². The fourth-order valence-electron chi connectivity index (χ4n) is 1.44. The lowest BCUT2D eigenvalue weighted by Gasteiger charge is -2.15. The van der Waals surface area contributed by atoms with Gasteiger partial charge in [0.15, 0.2) is 0 Å². The van der Waals surface area contributed by atoms with Crippen LogP contribution in [-0.4, -0.2) is 6.29 Å². The van der Waals surface area contributed by atoms with Crippen LogP contribution >= 0.6 is 11.6 Å². The third-order valence-corrected chi connectivity index (χ3v) is 2.70. The highest BCUT2D eigenvalue weighted by Crippen LogP contribution is 2.20. The number of rotatable bonds is 4. The number of hydrogen-bond acceptors (Lipinski definition) is 1. The SMILES string of the molecule is CC(C)(C)CC=C(C=O)Cc1ccc(Cl)cc1. The zero-order chi connectivity index (χ0) is 12.9. The Morgan fingerprint density at radius 3 is 2.29 bits per heavy atom. The number of hydrogen-bond donors (Lipinski definition) is 0. The molecule has 0 aliphatic carbocycles. The molecule has 0 atom stereocenters. The highest BCUT2D eigenvalue weighted by molar-refractivity contribution is 6.30. The normalized spacial score (nSPS) is 12.6. The smallest absolute Gasteiger partial charge is 0.146 e. The Bertz CT molecular complexity index is 396. The van der Waals surface area contributed by atoms with Crippen molar-refractivity contribution < 1.29 is 4.79 Å². The fraction of sp³-hybridized carbons (Fsp3) is 0.400. The maximum absolute atomic E-state index is 11.0. The summed E-state index contributed by atoms with van der Waals surface area (Å²) < 4.78 is 0. The van der Waals surface area contributed by atoms with E-state index >= 15 is 0 Å². The van der Waals surface area contributed by atoms with E-state index in [2.05, 4.69) is 20.8 Å². The van der Waals surface area contributed by atoms with E-state index in [0.717, 1.165) is 28.9 Å². The van der Waals surface area contributed by atoms with E-state index in [1.54, 1.807) is 0 Å². The largest absolute Gasteiger partial charge is 0.298 e. The standard InChI is InChI=1S/C15H19ClO/c1-15(2,3)9-8-13(11-17)10-12-4-6-14(16)7-5-12/h4-8,11H,9-10H2,1-3H3. The quantitative estimate of drug-likeness (QED) is 0.570. The van der Waals surface area contributed by atoms with Crippen molar-refractivity contribution in [3.05, 3.63) is 46.5 Å². The molecule has 0 saturated carbocycles. The summed E-state index contributed by atoms with van der Waals surface area (Å²) in [5.74, 6) is 0. The van der Waals surface area contributed by atoms with E-state index in [1.165, 1.54) is 0 Å². The van der Waals surface area contributed by atoms with E-state index in [9.17, 15) is 4.79 Å². The molecule has 0 aliphatic heterocycles. The second-order valence-corrected chi connectivity index (χ2v) is 5.90. The summed E-state index contributed by atoms with van der Waals surface area (Å²) in [5, 5.41) is 0.722. The molecule has 0 bridgehead atoms. The summed E-state index contributed by atoms with van der Waals surface area (Å²) in [4.78, 5) is 11.0. The first kappa shape index (κ1) is 14.0. The third-order valence-electron chi connectivity index (χ3n) is 2.45. The first-order valence-electron chi connectivity index (χ1n) is 5.79. The predicted molar refractivity (Wildman–Crippen MR) is 73.4 cm³/mol. The van der Waals surface area contributed by atoms with Crippen LogP contribution in [0.4, 0.5) is 0 Å². The molecule has 0 aliphatic rings. The van der Waals surface area contributed by atoms with Gasteiger partial charge in [0.2, 0.25) is 0 Å². The Balaban J connectivity index is 2.70. The topological polar surface area (TPSA) is 17.1 Å². The highest BCUT2D eigenvalue weighted by atomic mass is 35.5. The number of benzene rings is 1. The first-order valence-corrected chi connectivity index (χ1v) is 6.17. The second kappa shape index (κ2) is 6.02. The minimum absolute atomic E-state index is 0.217. The summed E-state index contributed by atoms with van der Waals surface area (Å²) in [7, 11) is 0. The molecule has 0 heterocycles. The number of carbonyl (C=O) groups excluding carboxylic acids is 1. The summed E-state index contributed by atoms with van der Waals surface area (Å²) in [6, 6.07) is 7.61.